The van der Waals surface area contributed by atoms with Crippen LogP contribution < -0.4 is 14.5 Å². The molecule has 2 heterocycles. The number of rotatable bonds is 8. The van der Waals surface area contributed by atoms with E-state index in [9.17, 15) is 4.79 Å². The lowest BCUT2D eigenvalue weighted by atomic mass is 9.77. The molecule has 0 aromatic heterocycles. The van der Waals surface area contributed by atoms with Crippen LogP contribution in [0.4, 0.5) is 11.4 Å². The minimum absolute atomic E-state index is 0.319. The van der Waals surface area contributed by atoms with E-state index in [1.807, 2.05) is 30.3 Å². The molecule has 0 bridgehead atoms. The number of anilines is 2. The van der Waals surface area contributed by atoms with Crippen molar-refractivity contribution in [1.82, 2.24) is 0 Å². The first-order valence-electron chi connectivity index (χ1n) is 16.6. The number of ether oxygens (including phenoxy) is 2. The van der Waals surface area contributed by atoms with Gasteiger partial charge in [0.1, 0.15) is 11.5 Å². The van der Waals surface area contributed by atoms with Gasteiger partial charge >= 0.3 is 5.97 Å². The normalized spacial score (nSPS) is 15.8. The Morgan fingerprint density at radius 1 is 0.596 bits per heavy atom. The van der Waals surface area contributed by atoms with Crippen molar-refractivity contribution in [2.24, 2.45) is 0 Å². The van der Waals surface area contributed by atoms with Crippen LogP contribution in [0, 0.1) is 27.7 Å². The van der Waals surface area contributed by atoms with Gasteiger partial charge in [-0.2, -0.15) is 0 Å². The van der Waals surface area contributed by atoms with Gasteiger partial charge < -0.3 is 19.3 Å². The molecule has 1 atom stereocenters. The summed E-state index contributed by atoms with van der Waals surface area (Å²) in [5.41, 5.74) is 11.8. The fourth-order valence-corrected chi connectivity index (χ4v) is 7.25. The number of fused-ring (bicyclic) bond motifs is 6. The zero-order valence-corrected chi connectivity index (χ0v) is 28.2. The van der Waals surface area contributed by atoms with Crippen molar-refractivity contribution in [2.75, 3.05) is 22.9 Å². The molecule has 0 saturated carbocycles. The summed E-state index contributed by atoms with van der Waals surface area (Å²) in [7, 11) is 0. The highest BCUT2D eigenvalue weighted by molar-refractivity contribution is 5.97. The van der Waals surface area contributed by atoms with E-state index in [1.54, 1.807) is 0 Å². The quantitative estimate of drug-likeness (QED) is 0.161. The van der Waals surface area contributed by atoms with E-state index in [1.165, 1.54) is 33.4 Å². The maximum atomic E-state index is 13.6. The number of hydrogen-bond donors (Lipinski definition) is 0. The molecule has 0 saturated heterocycles. The van der Waals surface area contributed by atoms with Crippen LogP contribution in [0.3, 0.4) is 0 Å². The third-order valence-electron chi connectivity index (χ3n) is 10.3. The SMILES string of the molecule is CCN(CC)c1ccc2c(c1)Oc1ccc(N(Cc3cccc(C)c3C)Cc3cccc(C)c3C)cc1C21OC(=O)c2ccccc21. The summed E-state index contributed by atoms with van der Waals surface area (Å²) < 4.78 is 13.3. The largest absolute Gasteiger partial charge is 0.456 e. The lowest BCUT2D eigenvalue weighted by Crippen LogP contribution is -2.34. The minimum Gasteiger partial charge on any atom is -0.456 e. The Balaban J connectivity index is 1.41. The summed E-state index contributed by atoms with van der Waals surface area (Å²) in [6.07, 6.45) is 0. The van der Waals surface area contributed by atoms with Crippen LogP contribution in [0.2, 0.25) is 0 Å². The Hall–Kier alpha value is -5.03. The van der Waals surface area contributed by atoms with E-state index in [0.717, 1.165) is 54.2 Å². The van der Waals surface area contributed by atoms with Gasteiger partial charge in [0, 0.05) is 60.3 Å². The third kappa shape index (κ3) is 5.05. The number of hydrogen-bond acceptors (Lipinski definition) is 5. The summed E-state index contributed by atoms with van der Waals surface area (Å²) in [6, 6.07) is 33.5. The summed E-state index contributed by atoms with van der Waals surface area (Å²) in [6.45, 7) is 16.3. The average Bonchev–Trinajstić information content (AvgIpc) is 3.37. The first-order valence-corrected chi connectivity index (χ1v) is 16.6. The van der Waals surface area contributed by atoms with Crippen molar-refractivity contribution in [3.8, 4) is 11.5 Å². The molecular weight excluding hydrogens is 580 g/mol. The number of carbonyl (C=O) groups is 1. The molecule has 1 spiro atoms. The molecule has 5 nitrogen and oxygen atoms in total. The van der Waals surface area contributed by atoms with Crippen LogP contribution in [0.15, 0.2) is 97.1 Å². The summed E-state index contributed by atoms with van der Waals surface area (Å²) in [5.74, 6) is 1.09. The lowest BCUT2D eigenvalue weighted by Gasteiger charge is -2.38. The van der Waals surface area contributed by atoms with Crippen LogP contribution in [0.5, 0.6) is 11.5 Å². The third-order valence-corrected chi connectivity index (χ3v) is 10.3. The highest BCUT2D eigenvalue weighted by atomic mass is 16.6. The van der Waals surface area contributed by atoms with E-state index in [0.29, 0.717) is 17.1 Å². The number of aryl methyl sites for hydroxylation is 2. The molecule has 0 fully saturated rings. The first-order chi connectivity index (χ1) is 22.7. The van der Waals surface area contributed by atoms with Crippen LogP contribution >= 0.6 is 0 Å². The fourth-order valence-electron chi connectivity index (χ4n) is 7.25. The van der Waals surface area contributed by atoms with Gasteiger partial charge in [-0.15, -0.1) is 0 Å². The predicted octanol–water partition coefficient (Wildman–Crippen LogP) is 9.54. The second kappa shape index (κ2) is 12.0. The standard InChI is InChI=1S/C42H42N2O3/c1-7-43(8-2)34-19-21-37-40(24-34)46-39-22-20-33(23-38(39)42(37)36-18-10-9-17-35(36)41(45)47-42)44(25-31-15-11-13-27(3)29(31)5)26-32-16-12-14-28(4)30(32)6/h9-24H,7-8,25-26H2,1-6H3. The van der Waals surface area contributed by atoms with Crippen molar-refractivity contribution < 1.29 is 14.3 Å². The molecule has 5 heteroatoms. The van der Waals surface area contributed by atoms with Crippen LogP contribution in [0.1, 0.15) is 74.3 Å². The Kier molecular flexibility index (Phi) is 7.79. The van der Waals surface area contributed by atoms with Crippen molar-refractivity contribution in [3.05, 3.63) is 153 Å². The molecule has 47 heavy (non-hydrogen) atoms. The van der Waals surface area contributed by atoms with Gasteiger partial charge in [0.15, 0.2) is 5.60 Å². The first kappa shape index (κ1) is 30.6. The molecule has 2 aliphatic rings. The van der Waals surface area contributed by atoms with Crippen molar-refractivity contribution in [1.29, 1.82) is 0 Å². The van der Waals surface area contributed by atoms with Gasteiger partial charge in [-0.05, 0) is 111 Å². The number of nitrogens with zero attached hydrogens (tertiary/aromatic N) is 2. The van der Waals surface area contributed by atoms with Crippen molar-refractivity contribution in [2.45, 2.75) is 60.2 Å². The molecule has 0 N–H and O–H groups in total. The van der Waals surface area contributed by atoms with E-state index in [2.05, 4.69) is 118 Å². The molecule has 0 amide bonds. The van der Waals surface area contributed by atoms with Crippen molar-refractivity contribution in [3.63, 3.8) is 0 Å². The minimum atomic E-state index is -1.13. The fraction of sp³-hybridized carbons (Fsp3) is 0.262. The Labute approximate surface area is 278 Å². The van der Waals surface area contributed by atoms with E-state index >= 15 is 0 Å². The molecule has 5 aromatic carbocycles. The maximum absolute atomic E-state index is 13.6. The second-order valence-electron chi connectivity index (χ2n) is 12.8. The molecule has 0 aliphatic carbocycles. The van der Waals surface area contributed by atoms with Crippen LogP contribution in [0.25, 0.3) is 0 Å². The van der Waals surface area contributed by atoms with Gasteiger partial charge in [-0.1, -0.05) is 54.6 Å². The number of carbonyl (C=O) groups excluding carboxylic acids is 1. The van der Waals surface area contributed by atoms with Crippen LogP contribution in [-0.2, 0) is 23.4 Å². The topological polar surface area (TPSA) is 42.0 Å². The molecule has 0 radical (unpaired) electrons. The molecule has 5 aromatic rings. The van der Waals surface area contributed by atoms with Gasteiger partial charge in [-0.3, -0.25) is 0 Å². The zero-order chi connectivity index (χ0) is 32.9. The predicted molar refractivity (Wildman–Crippen MR) is 190 cm³/mol. The van der Waals surface area contributed by atoms with Crippen LogP contribution in [-0.4, -0.2) is 19.1 Å². The van der Waals surface area contributed by atoms with Gasteiger partial charge in [0.25, 0.3) is 0 Å². The average molecular weight is 623 g/mol. The van der Waals surface area contributed by atoms with E-state index in [-0.39, 0.29) is 5.97 Å². The molecule has 7 rings (SSSR count). The Morgan fingerprint density at radius 2 is 1.21 bits per heavy atom. The van der Waals surface area contributed by atoms with Crippen molar-refractivity contribution >= 4 is 17.3 Å². The summed E-state index contributed by atoms with van der Waals surface area (Å²) >= 11 is 0. The zero-order valence-electron chi connectivity index (χ0n) is 28.2. The number of benzene rings is 5. The van der Waals surface area contributed by atoms with Gasteiger partial charge in [0.2, 0.25) is 0 Å². The molecule has 238 valence electrons. The Bertz CT molecular complexity index is 1960. The second-order valence-corrected chi connectivity index (χ2v) is 12.8. The maximum Gasteiger partial charge on any atom is 0.340 e. The van der Waals surface area contributed by atoms with Gasteiger partial charge in [-0.25, -0.2) is 4.79 Å². The molecule has 2 aliphatic heterocycles. The molecular formula is C42H42N2O3. The van der Waals surface area contributed by atoms with E-state index < -0.39 is 5.60 Å². The smallest absolute Gasteiger partial charge is 0.340 e. The van der Waals surface area contributed by atoms with Gasteiger partial charge in [0.05, 0.1) is 5.56 Å². The summed E-state index contributed by atoms with van der Waals surface area (Å²) in [5, 5.41) is 0. The lowest BCUT2D eigenvalue weighted by molar-refractivity contribution is 0.0224. The Morgan fingerprint density at radius 3 is 1.87 bits per heavy atom. The highest BCUT2D eigenvalue weighted by Gasteiger charge is 2.53. The number of esters is 1. The highest BCUT2D eigenvalue weighted by Crippen LogP contribution is 2.57. The van der Waals surface area contributed by atoms with E-state index in [4.69, 9.17) is 9.47 Å². The summed E-state index contributed by atoms with van der Waals surface area (Å²) in [4.78, 5) is 18.3. The monoisotopic (exact) mass is 622 g/mol. The molecule has 1 unspecified atom stereocenters.